The smallest absolute Gasteiger partial charge is 0.234 e. The highest BCUT2D eigenvalue weighted by Crippen LogP contribution is 2.21. The summed E-state index contributed by atoms with van der Waals surface area (Å²) in [4.78, 5) is 29.8. The molecule has 0 spiro atoms. The van der Waals surface area contributed by atoms with Gasteiger partial charge in [0.1, 0.15) is 0 Å². The first-order valence-electron chi connectivity index (χ1n) is 8.63. The van der Waals surface area contributed by atoms with E-state index in [0.29, 0.717) is 11.8 Å². The first-order chi connectivity index (χ1) is 12.8. The van der Waals surface area contributed by atoms with E-state index in [0.717, 1.165) is 16.8 Å². The minimum atomic E-state index is -0.562. The van der Waals surface area contributed by atoms with Gasteiger partial charge in [-0.2, -0.15) is 15.0 Å². The molecule has 2 N–H and O–H groups in total. The molecule has 1 aromatic carbocycles. The van der Waals surface area contributed by atoms with Crippen LogP contribution in [0.2, 0.25) is 0 Å². The number of anilines is 3. The van der Waals surface area contributed by atoms with Crippen molar-refractivity contribution in [2.45, 2.75) is 27.7 Å². The van der Waals surface area contributed by atoms with Crippen LogP contribution in [0, 0.1) is 12.3 Å². The van der Waals surface area contributed by atoms with Gasteiger partial charge in [0.05, 0.1) is 11.9 Å². The second kappa shape index (κ2) is 7.49. The van der Waals surface area contributed by atoms with E-state index in [-0.39, 0.29) is 11.9 Å². The molecule has 0 saturated heterocycles. The van der Waals surface area contributed by atoms with Gasteiger partial charge in [0.2, 0.25) is 17.8 Å². The lowest BCUT2D eigenvalue weighted by Crippen LogP contribution is -2.28. The molecule has 0 aliphatic carbocycles. The topological polar surface area (TPSA) is 92.7 Å². The molecule has 3 aromatic rings. The van der Waals surface area contributed by atoms with Crippen LogP contribution < -0.4 is 10.6 Å². The van der Waals surface area contributed by atoms with E-state index in [2.05, 4.69) is 30.6 Å². The number of carbonyl (C=O) groups excluding carboxylic acids is 1. The molecule has 0 unspecified atom stereocenters. The van der Waals surface area contributed by atoms with E-state index in [1.807, 2.05) is 64.1 Å². The first kappa shape index (κ1) is 18.4. The van der Waals surface area contributed by atoms with Gasteiger partial charge in [-0.15, -0.1) is 0 Å². The van der Waals surface area contributed by atoms with E-state index in [1.54, 1.807) is 12.4 Å². The summed E-state index contributed by atoms with van der Waals surface area (Å²) in [5.41, 5.74) is 2.04. The maximum Gasteiger partial charge on any atom is 0.234 e. The van der Waals surface area contributed by atoms with Crippen LogP contribution in [-0.2, 0) is 4.79 Å². The number of rotatable bonds is 4. The van der Waals surface area contributed by atoms with Crippen molar-refractivity contribution in [3.63, 3.8) is 0 Å². The Morgan fingerprint density at radius 1 is 0.963 bits per heavy atom. The second-order valence-corrected chi connectivity index (χ2v) is 7.25. The number of hydrogen-bond acceptors (Lipinski definition) is 6. The van der Waals surface area contributed by atoms with Crippen molar-refractivity contribution in [3.8, 4) is 11.4 Å². The summed E-state index contributed by atoms with van der Waals surface area (Å²) in [6, 6.07) is 11.5. The molecule has 2 heterocycles. The molecule has 0 fully saturated rings. The molecule has 3 rings (SSSR count). The number of hydrogen-bond donors (Lipinski definition) is 2. The van der Waals surface area contributed by atoms with Crippen molar-refractivity contribution >= 4 is 23.5 Å². The summed E-state index contributed by atoms with van der Waals surface area (Å²) in [5, 5.41) is 5.90. The number of nitrogens with one attached hydrogen (secondary N) is 2. The van der Waals surface area contributed by atoms with Gasteiger partial charge in [0.15, 0.2) is 5.82 Å². The first-order valence-corrected chi connectivity index (χ1v) is 8.63. The monoisotopic (exact) mass is 362 g/mol. The zero-order chi connectivity index (χ0) is 19.4. The molecule has 138 valence electrons. The molecule has 0 aliphatic heterocycles. The number of aryl methyl sites for hydroxylation is 1. The number of carbonyl (C=O) groups is 1. The van der Waals surface area contributed by atoms with Gasteiger partial charge < -0.3 is 5.32 Å². The number of pyridine rings is 1. The zero-order valence-electron chi connectivity index (χ0n) is 15.8. The summed E-state index contributed by atoms with van der Waals surface area (Å²) in [6.45, 7) is 7.45. The maximum absolute atomic E-state index is 12.4. The van der Waals surface area contributed by atoms with Crippen LogP contribution in [0.3, 0.4) is 0 Å². The van der Waals surface area contributed by atoms with Crippen molar-refractivity contribution in [1.29, 1.82) is 0 Å². The molecule has 0 atom stereocenters. The van der Waals surface area contributed by atoms with Crippen molar-refractivity contribution < 1.29 is 4.79 Å². The lowest BCUT2D eigenvalue weighted by atomic mass is 9.96. The van der Waals surface area contributed by atoms with Crippen LogP contribution in [-0.4, -0.2) is 25.8 Å². The number of nitrogens with zero attached hydrogens (tertiary/aromatic N) is 4. The Balaban J connectivity index is 1.99. The van der Waals surface area contributed by atoms with Gasteiger partial charge in [0, 0.05) is 17.2 Å². The standard InChI is InChI=1S/C20H22N6O/c1-13-10-15(12-21-11-13)22-18-23-16(14-8-6-5-7-9-14)24-19(26-18)25-17(27)20(2,3)4/h5-12H,1-4H3,(H2,22,23,24,25,26,27). The fraction of sp³-hybridized carbons (Fsp3) is 0.250. The maximum atomic E-state index is 12.4. The summed E-state index contributed by atoms with van der Waals surface area (Å²) in [6.07, 6.45) is 3.45. The lowest BCUT2D eigenvalue weighted by Gasteiger charge is -2.17. The molecule has 0 bridgehead atoms. The largest absolute Gasteiger partial charge is 0.323 e. The van der Waals surface area contributed by atoms with Crippen molar-refractivity contribution in [3.05, 3.63) is 54.4 Å². The van der Waals surface area contributed by atoms with Crippen LogP contribution in [0.5, 0.6) is 0 Å². The average Bonchev–Trinajstić information content (AvgIpc) is 2.61. The predicted molar refractivity (Wildman–Crippen MR) is 106 cm³/mol. The predicted octanol–water partition coefficient (Wildman–Crippen LogP) is 3.97. The average molecular weight is 362 g/mol. The third-order valence-electron chi connectivity index (χ3n) is 3.71. The molecule has 0 aliphatic rings. The van der Waals surface area contributed by atoms with E-state index in [1.165, 1.54) is 0 Å². The summed E-state index contributed by atoms with van der Waals surface area (Å²) in [5.74, 6) is 0.834. The minimum absolute atomic E-state index is 0.170. The number of amides is 1. The van der Waals surface area contributed by atoms with Crippen LogP contribution in [0.1, 0.15) is 26.3 Å². The van der Waals surface area contributed by atoms with Crippen LogP contribution in [0.4, 0.5) is 17.6 Å². The van der Waals surface area contributed by atoms with Gasteiger partial charge >= 0.3 is 0 Å². The molecular weight excluding hydrogens is 340 g/mol. The highest BCUT2D eigenvalue weighted by Gasteiger charge is 2.23. The van der Waals surface area contributed by atoms with Crippen LogP contribution >= 0.6 is 0 Å². The summed E-state index contributed by atoms with van der Waals surface area (Å²) in [7, 11) is 0. The van der Waals surface area contributed by atoms with E-state index >= 15 is 0 Å². The number of aromatic nitrogens is 4. The Morgan fingerprint density at radius 3 is 2.33 bits per heavy atom. The van der Waals surface area contributed by atoms with Crippen molar-refractivity contribution in [2.75, 3.05) is 10.6 Å². The van der Waals surface area contributed by atoms with Gasteiger partial charge in [-0.3, -0.25) is 15.1 Å². The molecule has 7 heteroatoms. The van der Waals surface area contributed by atoms with Crippen molar-refractivity contribution in [2.24, 2.45) is 5.41 Å². The van der Waals surface area contributed by atoms with Crippen molar-refractivity contribution in [1.82, 2.24) is 19.9 Å². The normalized spacial score (nSPS) is 11.1. The van der Waals surface area contributed by atoms with Crippen LogP contribution in [0.15, 0.2) is 48.8 Å². The Hall–Kier alpha value is -3.35. The lowest BCUT2D eigenvalue weighted by molar-refractivity contribution is -0.123. The molecular formula is C20H22N6O. The Bertz CT molecular complexity index is 950. The highest BCUT2D eigenvalue weighted by atomic mass is 16.2. The third kappa shape index (κ3) is 4.84. The number of benzene rings is 1. The van der Waals surface area contributed by atoms with Gasteiger partial charge in [0.25, 0.3) is 0 Å². The molecule has 7 nitrogen and oxygen atoms in total. The van der Waals surface area contributed by atoms with Crippen LogP contribution in [0.25, 0.3) is 11.4 Å². The summed E-state index contributed by atoms with van der Waals surface area (Å²) < 4.78 is 0. The van der Waals surface area contributed by atoms with E-state index in [4.69, 9.17) is 0 Å². The SMILES string of the molecule is Cc1cncc(Nc2nc(NC(=O)C(C)(C)C)nc(-c3ccccc3)n2)c1. The summed E-state index contributed by atoms with van der Waals surface area (Å²) >= 11 is 0. The van der Waals surface area contributed by atoms with Gasteiger partial charge in [-0.05, 0) is 18.6 Å². The second-order valence-electron chi connectivity index (χ2n) is 7.25. The minimum Gasteiger partial charge on any atom is -0.323 e. The van der Waals surface area contributed by atoms with Gasteiger partial charge in [-0.25, -0.2) is 0 Å². The third-order valence-corrected chi connectivity index (χ3v) is 3.71. The fourth-order valence-electron chi connectivity index (χ4n) is 2.25. The highest BCUT2D eigenvalue weighted by molar-refractivity contribution is 5.93. The quantitative estimate of drug-likeness (QED) is 0.729. The van der Waals surface area contributed by atoms with E-state index < -0.39 is 5.41 Å². The Kier molecular flexibility index (Phi) is 5.12. The van der Waals surface area contributed by atoms with Gasteiger partial charge in [-0.1, -0.05) is 51.1 Å². The molecule has 0 saturated carbocycles. The molecule has 1 amide bonds. The molecule has 2 aromatic heterocycles. The Morgan fingerprint density at radius 2 is 1.67 bits per heavy atom. The zero-order valence-corrected chi connectivity index (χ0v) is 15.8. The molecule has 27 heavy (non-hydrogen) atoms. The van der Waals surface area contributed by atoms with E-state index in [9.17, 15) is 4.79 Å². The molecule has 0 radical (unpaired) electrons. The fourth-order valence-corrected chi connectivity index (χ4v) is 2.25. The Labute approximate surface area is 158 Å².